The van der Waals surface area contributed by atoms with Crippen molar-refractivity contribution in [1.29, 1.82) is 5.26 Å². The van der Waals surface area contributed by atoms with E-state index < -0.39 is 0 Å². The molecule has 1 N–H and O–H groups in total. The predicted molar refractivity (Wildman–Crippen MR) is 121 cm³/mol. The average Bonchev–Trinajstić information content (AvgIpc) is 3.41. The van der Waals surface area contributed by atoms with E-state index in [1.54, 1.807) is 12.1 Å². The van der Waals surface area contributed by atoms with E-state index in [0.717, 1.165) is 47.8 Å². The number of carbonyl (C=O) groups is 1. The van der Waals surface area contributed by atoms with E-state index >= 15 is 0 Å². The summed E-state index contributed by atoms with van der Waals surface area (Å²) in [6, 6.07) is 19.6. The van der Waals surface area contributed by atoms with E-state index in [1.807, 2.05) is 36.4 Å². The molecule has 31 heavy (non-hydrogen) atoms. The summed E-state index contributed by atoms with van der Waals surface area (Å²) in [5.74, 6) is 1.15. The van der Waals surface area contributed by atoms with Gasteiger partial charge in [0.25, 0.3) is 5.91 Å². The summed E-state index contributed by atoms with van der Waals surface area (Å²) in [7, 11) is 0. The maximum atomic E-state index is 12.7. The van der Waals surface area contributed by atoms with Crippen molar-refractivity contribution in [3.05, 3.63) is 82.1 Å². The molecule has 0 unspecified atom stereocenters. The highest BCUT2D eigenvalue weighted by atomic mass is 32.1. The maximum absolute atomic E-state index is 12.7. The number of aryl methyl sites for hydroxylation is 1. The van der Waals surface area contributed by atoms with Crippen molar-refractivity contribution >= 4 is 33.0 Å². The van der Waals surface area contributed by atoms with Crippen LogP contribution in [0.3, 0.4) is 0 Å². The molecule has 0 saturated carbocycles. The first-order valence-corrected chi connectivity index (χ1v) is 11.1. The van der Waals surface area contributed by atoms with Crippen LogP contribution in [0.15, 0.2) is 59.0 Å². The fourth-order valence-corrected chi connectivity index (χ4v) is 5.16. The second-order valence-corrected chi connectivity index (χ2v) is 8.65. The first-order valence-electron chi connectivity index (χ1n) is 10.3. The molecule has 4 aromatic rings. The minimum atomic E-state index is -0.355. The molecular formula is C25H20N2O3S. The van der Waals surface area contributed by atoms with Gasteiger partial charge in [0, 0.05) is 4.88 Å². The number of furan rings is 1. The average molecular weight is 429 g/mol. The first-order chi connectivity index (χ1) is 15.2. The van der Waals surface area contributed by atoms with Gasteiger partial charge in [-0.1, -0.05) is 30.3 Å². The van der Waals surface area contributed by atoms with Crippen LogP contribution in [-0.2, 0) is 19.4 Å². The molecule has 154 valence electrons. The standard InChI is InChI=1S/C25H20N2O3S/c26-14-21-20-7-3-4-8-23(20)31-25(21)27-24(28)22-12-11-19(30-22)15-29-18-10-9-16-5-1-2-6-17(16)13-18/h1-2,5-6,9-13H,3-4,7-8,15H2,(H,27,28). The van der Waals surface area contributed by atoms with Gasteiger partial charge in [0.15, 0.2) is 5.76 Å². The molecule has 2 aromatic carbocycles. The van der Waals surface area contributed by atoms with Crippen LogP contribution in [-0.4, -0.2) is 5.91 Å². The van der Waals surface area contributed by atoms with Gasteiger partial charge in [0.1, 0.15) is 29.2 Å². The summed E-state index contributed by atoms with van der Waals surface area (Å²) in [6.45, 7) is 0.225. The Balaban J connectivity index is 1.26. The SMILES string of the molecule is N#Cc1c(NC(=O)c2ccc(COc3ccc4ccccc4c3)o2)sc2c1CCCC2. The number of fused-ring (bicyclic) bond motifs is 2. The molecule has 0 atom stereocenters. The van der Waals surface area contributed by atoms with Gasteiger partial charge in [-0.3, -0.25) is 4.79 Å². The van der Waals surface area contributed by atoms with Crippen molar-refractivity contribution in [1.82, 2.24) is 0 Å². The molecule has 2 heterocycles. The highest BCUT2D eigenvalue weighted by Crippen LogP contribution is 2.37. The van der Waals surface area contributed by atoms with E-state index in [1.165, 1.54) is 16.2 Å². The minimum absolute atomic E-state index is 0.201. The second-order valence-electron chi connectivity index (χ2n) is 7.54. The third kappa shape index (κ3) is 3.92. The lowest BCUT2D eigenvalue weighted by Crippen LogP contribution is -2.11. The smallest absolute Gasteiger partial charge is 0.292 e. The number of nitriles is 1. The first kappa shape index (κ1) is 19.4. The zero-order valence-electron chi connectivity index (χ0n) is 16.8. The Bertz CT molecular complexity index is 1310. The van der Waals surface area contributed by atoms with Crippen LogP contribution in [0.1, 0.15) is 45.2 Å². The van der Waals surface area contributed by atoms with Gasteiger partial charge >= 0.3 is 0 Å². The molecule has 5 nitrogen and oxygen atoms in total. The Labute approximate surface area is 183 Å². The molecule has 0 radical (unpaired) electrons. The molecule has 0 bridgehead atoms. The molecule has 1 aliphatic carbocycles. The molecule has 1 aliphatic rings. The minimum Gasteiger partial charge on any atom is -0.486 e. The quantitative estimate of drug-likeness (QED) is 0.418. The third-order valence-electron chi connectivity index (χ3n) is 5.50. The number of amides is 1. The van der Waals surface area contributed by atoms with Crippen LogP contribution in [0.2, 0.25) is 0 Å². The number of benzene rings is 2. The number of anilines is 1. The summed E-state index contributed by atoms with van der Waals surface area (Å²) in [6.07, 6.45) is 4.10. The van der Waals surface area contributed by atoms with E-state index in [0.29, 0.717) is 16.3 Å². The Morgan fingerprint density at radius 3 is 2.81 bits per heavy atom. The maximum Gasteiger partial charge on any atom is 0.292 e. The number of nitrogens with one attached hydrogen (secondary N) is 1. The number of thiophene rings is 1. The number of hydrogen-bond acceptors (Lipinski definition) is 5. The highest BCUT2D eigenvalue weighted by Gasteiger charge is 2.23. The molecule has 0 aliphatic heterocycles. The number of rotatable bonds is 5. The summed E-state index contributed by atoms with van der Waals surface area (Å²) in [4.78, 5) is 13.9. The molecule has 0 saturated heterocycles. The fraction of sp³-hybridized carbons (Fsp3) is 0.200. The van der Waals surface area contributed by atoms with Gasteiger partial charge in [-0.25, -0.2) is 0 Å². The zero-order chi connectivity index (χ0) is 21.2. The van der Waals surface area contributed by atoms with Crippen molar-refractivity contribution in [2.24, 2.45) is 0 Å². The Morgan fingerprint density at radius 1 is 1.10 bits per heavy atom. The third-order valence-corrected chi connectivity index (χ3v) is 6.70. The monoisotopic (exact) mass is 428 g/mol. The molecule has 0 spiro atoms. The molecule has 6 heteroatoms. The number of hydrogen-bond donors (Lipinski definition) is 1. The fourth-order valence-electron chi connectivity index (χ4n) is 3.93. The number of nitrogens with zero attached hydrogens (tertiary/aromatic N) is 1. The van der Waals surface area contributed by atoms with Crippen LogP contribution in [0.4, 0.5) is 5.00 Å². The van der Waals surface area contributed by atoms with Gasteiger partial charge in [0.2, 0.25) is 0 Å². The van der Waals surface area contributed by atoms with Gasteiger partial charge in [-0.15, -0.1) is 11.3 Å². The predicted octanol–water partition coefficient (Wildman–Crippen LogP) is 6.08. The molecule has 5 rings (SSSR count). The summed E-state index contributed by atoms with van der Waals surface area (Å²) in [5.41, 5.74) is 1.69. The number of ether oxygens (including phenoxy) is 1. The van der Waals surface area contributed by atoms with Crippen LogP contribution >= 0.6 is 11.3 Å². The van der Waals surface area contributed by atoms with Crippen molar-refractivity contribution in [3.63, 3.8) is 0 Å². The largest absolute Gasteiger partial charge is 0.486 e. The Hall–Kier alpha value is -3.56. The lowest BCUT2D eigenvalue weighted by atomic mass is 9.96. The summed E-state index contributed by atoms with van der Waals surface area (Å²) in [5, 5.41) is 15.3. The highest BCUT2D eigenvalue weighted by molar-refractivity contribution is 7.16. The van der Waals surface area contributed by atoms with E-state index in [2.05, 4.69) is 17.5 Å². The Morgan fingerprint density at radius 2 is 1.94 bits per heavy atom. The van der Waals surface area contributed by atoms with Crippen LogP contribution in [0, 0.1) is 11.3 Å². The Kier molecular flexibility index (Phi) is 5.19. The molecule has 0 fully saturated rings. The molecule has 2 aromatic heterocycles. The van der Waals surface area contributed by atoms with Crippen molar-refractivity contribution in [2.45, 2.75) is 32.3 Å². The normalized spacial score (nSPS) is 12.9. The van der Waals surface area contributed by atoms with Gasteiger partial charge in [-0.05, 0) is 66.3 Å². The topological polar surface area (TPSA) is 75.3 Å². The molecular weight excluding hydrogens is 408 g/mol. The summed E-state index contributed by atoms with van der Waals surface area (Å²) >= 11 is 1.50. The zero-order valence-corrected chi connectivity index (χ0v) is 17.6. The van der Waals surface area contributed by atoms with Gasteiger partial charge in [0.05, 0.1) is 5.56 Å². The van der Waals surface area contributed by atoms with E-state index in [4.69, 9.17) is 9.15 Å². The second kappa shape index (κ2) is 8.29. The van der Waals surface area contributed by atoms with E-state index in [9.17, 15) is 10.1 Å². The van der Waals surface area contributed by atoms with Gasteiger partial charge < -0.3 is 14.5 Å². The van der Waals surface area contributed by atoms with Crippen LogP contribution < -0.4 is 10.1 Å². The van der Waals surface area contributed by atoms with Crippen LogP contribution in [0.25, 0.3) is 10.8 Å². The van der Waals surface area contributed by atoms with Crippen molar-refractivity contribution < 1.29 is 13.9 Å². The van der Waals surface area contributed by atoms with Crippen LogP contribution in [0.5, 0.6) is 5.75 Å². The van der Waals surface area contributed by atoms with Gasteiger partial charge in [-0.2, -0.15) is 5.26 Å². The van der Waals surface area contributed by atoms with Crippen molar-refractivity contribution in [3.8, 4) is 11.8 Å². The van der Waals surface area contributed by atoms with Crippen molar-refractivity contribution in [2.75, 3.05) is 5.32 Å². The molecule has 1 amide bonds. The summed E-state index contributed by atoms with van der Waals surface area (Å²) < 4.78 is 11.5. The lowest BCUT2D eigenvalue weighted by molar-refractivity contribution is 0.0993. The lowest BCUT2D eigenvalue weighted by Gasteiger charge is -2.09. The van der Waals surface area contributed by atoms with E-state index in [-0.39, 0.29) is 18.3 Å². The number of carbonyl (C=O) groups excluding carboxylic acids is 1.